The Morgan fingerprint density at radius 2 is 2.00 bits per heavy atom. The normalized spacial score (nSPS) is 10.6. The smallest absolute Gasteiger partial charge is 0.228 e. The fraction of sp³-hybridized carbons (Fsp3) is 0.222. The first-order chi connectivity index (χ1) is 11.6. The molecule has 0 bridgehead atoms. The van der Waals surface area contributed by atoms with Gasteiger partial charge in [0.15, 0.2) is 11.5 Å². The van der Waals surface area contributed by atoms with Gasteiger partial charge in [0.05, 0.1) is 26.3 Å². The zero-order valence-electron chi connectivity index (χ0n) is 13.8. The minimum Gasteiger partial charge on any atom is -0.497 e. The molecule has 0 saturated carbocycles. The molecule has 124 valence electrons. The number of rotatable bonds is 5. The third-order valence-corrected chi connectivity index (χ3v) is 3.60. The average molecular weight is 326 g/mol. The monoisotopic (exact) mass is 326 g/mol. The van der Waals surface area contributed by atoms with Crippen molar-refractivity contribution < 1.29 is 18.7 Å². The molecule has 24 heavy (non-hydrogen) atoms. The van der Waals surface area contributed by atoms with Crippen LogP contribution in [-0.4, -0.2) is 25.1 Å². The van der Waals surface area contributed by atoms with Gasteiger partial charge in [0.25, 0.3) is 0 Å². The molecule has 0 spiro atoms. The maximum absolute atomic E-state index is 12.3. The predicted octanol–water partition coefficient (Wildman–Crippen LogP) is 3.33. The zero-order chi connectivity index (χ0) is 17.1. The van der Waals surface area contributed by atoms with Crippen molar-refractivity contribution in [1.29, 1.82) is 0 Å². The molecule has 1 heterocycles. The molecule has 0 radical (unpaired) electrons. The second kappa shape index (κ2) is 6.62. The van der Waals surface area contributed by atoms with Gasteiger partial charge in [-0.25, -0.2) is 4.98 Å². The number of ether oxygens (including phenoxy) is 2. The lowest BCUT2D eigenvalue weighted by Gasteiger charge is -2.11. The van der Waals surface area contributed by atoms with Crippen molar-refractivity contribution in [2.24, 2.45) is 0 Å². The van der Waals surface area contributed by atoms with Crippen molar-refractivity contribution in [3.63, 3.8) is 0 Å². The van der Waals surface area contributed by atoms with Crippen LogP contribution in [0.5, 0.6) is 11.5 Å². The molecule has 3 aromatic rings. The Labute approximate surface area is 139 Å². The summed E-state index contributed by atoms with van der Waals surface area (Å²) in [5, 5.41) is 2.85. The quantitative estimate of drug-likeness (QED) is 0.778. The summed E-state index contributed by atoms with van der Waals surface area (Å²) < 4.78 is 15.9. The van der Waals surface area contributed by atoms with Crippen molar-refractivity contribution in [1.82, 2.24) is 4.98 Å². The van der Waals surface area contributed by atoms with E-state index in [-0.39, 0.29) is 12.3 Å². The van der Waals surface area contributed by atoms with Gasteiger partial charge in [-0.2, -0.15) is 0 Å². The van der Waals surface area contributed by atoms with E-state index in [0.29, 0.717) is 28.7 Å². The van der Waals surface area contributed by atoms with Crippen LogP contribution < -0.4 is 14.8 Å². The maximum Gasteiger partial charge on any atom is 0.228 e. The summed E-state index contributed by atoms with van der Waals surface area (Å²) in [4.78, 5) is 16.6. The van der Waals surface area contributed by atoms with Crippen LogP contribution in [0.1, 0.15) is 11.5 Å². The van der Waals surface area contributed by atoms with Gasteiger partial charge in [0.2, 0.25) is 5.91 Å². The number of carbonyl (C=O) groups is 1. The Kier molecular flexibility index (Phi) is 4.37. The number of carbonyl (C=O) groups excluding carboxylic acids is 1. The number of hydrogen-bond donors (Lipinski definition) is 1. The molecule has 0 unspecified atom stereocenters. The number of anilines is 1. The molecule has 1 N–H and O–H groups in total. The molecule has 3 rings (SSSR count). The summed E-state index contributed by atoms with van der Waals surface area (Å²) in [5.41, 5.74) is 2.89. The largest absolute Gasteiger partial charge is 0.497 e. The highest BCUT2D eigenvalue weighted by Gasteiger charge is 2.11. The lowest BCUT2D eigenvalue weighted by atomic mass is 10.1. The van der Waals surface area contributed by atoms with Gasteiger partial charge in [-0.15, -0.1) is 0 Å². The second-order valence-electron chi connectivity index (χ2n) is 5.33. The van der Waals surface area contributed by atoms with Gasteiger partial charge in [-0.05, 0) is 29.8 Å². The molecule has 2 aromatic carbocycles. The Morgan fingerprint density at radius 1 is 1.17 bits per heavy atom. The molecule has 1 amide bonds. The molecule has 0 fully saturated rings. The molecular weight excluding hydrogens is 308 g/mol. The zero-order valence-corrected chi connectivity index (χ0v) is 13.8. The SMILES string of the molecule is COc1ccc(OC)c(NC(=O)Cc2ccc3oc(C)nc3c2)c1. The number of oxazole rings is 1. The first-order valence-corrected chi connectivity index (χ1v) is 7.47. The number of hydrogen-bond acceptors (Lipinski definition) is 5. The second-order valence-corrected chi connectivity index (χ2v) is 5.33. The highest BCUT2D eigenvalue weighted by Crippen LogP contribution is 2.29. The molecule has 6 nitrogen and oxygen atoms in total. The van der Waals surface area contributed by atoms with E-state index in [1.54, 1.807) is 39.3 Å². The molecule has 0 aliphatic rings. The van der Waals surface area contributed by atoms with Crippen LogP contribution in [0, 0.1) is 6.92 Å². The van der Waals surface area contributed by atoms with Gasteiger partial charge < -0.3 is 19.2 Å². The lowest BCUT2D eigenvalue weighted by molar-refractivity contribution is -0.115. The Morgan fingerprint density at radius 3 is 2.75 bits per heavy atom. The Hall–Kier alpha value is -3.02. The van der Waals surface area contributed by atoms with Crippen LogP contribution in [0.4, 0.5) is 5.69 Å². The van der Waals surface area contributed by atoms with Gasteiger partial charge in [0, 0.05) is 13.0 Å². The van der Waals surface area contributed by atoms with Crippen LogP contribution in [0.15, 0.2) is 40.8 Å². The number of aromatic nitrogens is 1. The number of nitrogens with one attached hydrogen (secondary N) is 1. The number of nitrogens with zero attached hydrogens (tertiary/aromatic N) is 1. The van der Waals surface area contributed by atoms with E-state index in [1.807, 2.05) is 18.2 Å². The van der Waals surface area contributed by atoms with Crippen LogP contribution in [0.25, 0.3) is 11.1 Å². The van der Waals surface area contributed by atoms with E-state index in [2.05, 4.69) is 10.3 Å². The lowest BCUT2D eigenvalue weighted by Crippen LogP contribution is -2.15. The first-order valence-electron chi connectivity index (χ1n) is 7.47. The topological polar surface area (TPSA) is 73.6 Å². The minimum absolute atomic E-state index is 0.152. The number of fused-ring (bicyclic) bond motifs is 1. The van der Waals surface area contributed by atoms with Crippen molar-refractivity contribution in [3.8, 4) is 11.5 Å². The molecular formula is C18H18N2O4. The Balaban J connectivity index is 1.77. The third kappa shape index (κ3) is 3.32. The predicted molar refractivity (Wildman–Crippen MR) is 90.6 cm³/mol. The maximum atomic E-state index is 12.3. The van der Waals surface area contributed by atoms with Crippen molar-refractivity contribution in [3.05, 3.63) is 47.9 Å². The van der Waals surface area contributed by atoms with Gasteiger partial charge in [-0.3, -0.25) is 4.79 Å². The number of aryl methyl sites for hydroxylation is 1. The van der Waals surface area contributed by atoms with Crippen LogP contribution in [0.2, 0.25) is 0 Å². The summed E-state index contributed by atoms with van der Waals surface area (Å²) >= 11 is 0. The fourth-order valence-electron chi connectivity index (χ4n) is 2.49. The summed E-state index contributed by atoms with van der Waals surface area (Å²) in [6.45, 7) is 1.79. The van der Waals surface area contributed by atoms with Crippen LogP contribution >= 0.6 is 0 Å². The van der Waals surface area contributed by atoms with E-state index in [0.717, 1.165) is 11.1 Å². The van der Waals surface area contributed by atoms with Crippen molar-refractivity contribution >= 4 is 22.7 Å². The van der Waals surface area contributed by atoms with E-state index < -0.39 is 0 Å². The van der Waals surface area contributed by atoms with Crippen LogP contribution in [-0.2, 0) is 11.2 Å². The minimum atomic E-state index is -0.152. The van der Waals surface area contributed by atoms with E-state index >= 15 is 0 Å². The molecule has 0 atom stereocenters. The van der Waals surface area contributed by atoms with E-state index in [4.69, 9.17) is 13.9 Å². The van der Waals surface area contributed by atoms with Crippen molar-refractivity contribution in [2.75, 3.05) is 19.5 Å². The molecule has 6 heteroatoms. The van der Waals surface area contributed by atoms with E-state index in [1.165, 1.54) is 0 Å². The first kappa shape index (κ1) is 15.9. The van der Waals surface area contributed by atoms with E-state index in [9.17, 15) is 4.79 Å². The average Bonchev–Trinajstić information content (AvgIpc) is 2.94. The summed E-state index contributed by atoms with van der Waals surface area (Å²) in [6, 6.07) is 10.8. The summed E-state index contributed by atoms with van der Waals surface area (Å²) in [5.74, 6) is 1.67. The number of methoxy groups -OCH3 is 2. The highest BCUT2D eigenvalue weighted by atomic mass is 16.5. The fourth-order valence-corrected chi connectivity index (χ4v) is 2.49. The van der Waals surface area contributed by atoms with Crippen molar-refractivity contribution in [2.45, 2.75) is 13.3 Å². The number of amides is 1. The van der Waals surface area contributed by atoms with Gasteiger partial charge >= 0.3 is 0 Å². The summed E-state index contributed by atoms with van der Waals surface area (Å²) in [6.07, 6.45) is 0.224. The molecule has 0 saturated heterocycles. The Bertz CT molecular complexity index is 886. The molecule has 0 aliphatic heterocycles. The summed E-state index contributed by atoms with van der Waals surface area (Å²) in [7, 11) is 3.13. The van der Waals surface area contributed by atoms with Gasteiger partial charge in [0.1, 0.15) is 17.0 Å². The van der Waals surface area contributed by atoms with Crippen LogP contribution in [0.3, 0.4) is 0 Å². The highest BCUT2D eigenvalue weighted by molar-refractivity contribution is 5.94. The third-order valence-electron chi connectivity index (χ3n) is 3.60. The van der Waals surface area contributed by atoms with Gasteiger partial charge in [-0.1, -0.05) is 6.07 Å². The standard InChI is InChI=1S/C18H18N2O4/c1-11-19-14-8-12(4-6-17(14)24-11)9-18(21)20-15-10-13(22-2)5-7-16(15)23-3/h4-8,10H,9H2,1-3H3,(H,20,21). The molecule has 1 aromatic heterocycles. The number of benzene rings is 2. The molecule has 0 aliphatic carbocycles.